The number of aromatic carboxylic acids is 1. The molecule has 7 heteroatoms. The largest absolute Gasteiger partial charge is 0.477 e. The Balaban J connectivity index is 2.35. The van der Waals surface area contributed by atoms with Crippen LogP contribution in [-0.2, 0) is 0 Å². The molecule has 1 N–H and O–H groups in total. The van der Waals surface area contributed by atoms with Crippen LogP contribution in [0.15, 0.2) is 30.6 Å². The van der Waals surface area contributed by atoms with E-state index in [2.05, 4.69) is 20.1 Å². The molecule has 0 saturated carbocycles. The van der Waals surface area contributed by atoms with Crippen molar-refractivity contribution in [3.8, 4) is 11.3 Å². The second-order valence-electron chi connectivity index (χ2n) is 3.94. The van der Waals surface area contributed by atoms with Gasteiger partial charge in [-0.1, -0.05) is 0 Å². The topological polar surface area (TPSA) is 93.3 Å². The first-order valence-corrected chi connectivity index (χ1v) is 5.53. The lowest BCUT2D eigenvalue weighted by atomic mass is 10.2. The first-order chi connectivity index (χ1) is 9.15. The summed E-state index contributed by atoms with van der Waals surface area (Å²) in [5, 5.41) is 13.3. The molecule has 7 nitrogen and oxygen atoms in total. The van der Waals surface area contributed by atoms with Crippen LogP contribution < -0.4 is 0 Å². The fraction of sp³-hybridized carbons (Fsp3) is 0.0833. The normalized spacial score (nSPS) is 10.8. The van der Waals surface area contributed by atoms with E-state index in [4.69, 9.17) is 5.11 Å². The molecule has 0 aliphatic heterocycles. The van der Waals surface area contributed by atoms with Crippen LogP contribution in [0.2, 0.25) is 0 Å². The Bertz CT molecular complexity index is 766. The van der Waals surface area contributed by atoms with Crippen molar-refractivity contribution in [2.75, 3.05) is 0 Å². The quantitative estimate of drug-likeness (QED) is 0.739. The van der Waals surface area contributed by atoms with Crippen molar-refractivity contribution in [2.45, 2.75) is 6.92 Å². The number of carboxylic acids is 1. The van der Waals surface area contributed by atoms with Gasteiger partial charge in [0.25, 0.3) is 5.78 Å². The maximum atomic E-state index is 11.1. The average Bonchev–Trinajstić information content (AvgIpc) is 2.78. The van der Waals surface area contributed by atoms with Crippen LogP contribution in [0.5, 0.6) is 0 Å². The molecule has 0 aliphatic rings. The molecule has 19 heavy (non-hydrogen) atoms. The van der Waals surface area contributed by atoms with E-state index in [0.717, 1.165) is 5.56 Å². The predicted octanol–water partition coefficient (Wildman–Crippen LogP) is 1.19. The molecule has 0 spiro atoms. The third-order valence-electron chi connectivity index (χ3n) is 2.59. The minimum atomic E-state index is -1.10. The van der Waals surface area contributed by atoms with E-state index >= 15 is 0 Å². The van der Waals surface area contributed by atoms with Gasteiger partial charge in [0.2, 0.25) is 0 Å². The summed E-state index contributed by atoms with van der Waals surface area (Å²) in [6, 6.07) is 5.05. The van der Waals surface area contributed by atoms with Crippen molar-refractivity contribution in [1.29, 1.82) is 0 Å². The van der Waals surface area contributed by atoms with Crippen LogP contribution in [0.1, 0.15) is 16.3 Å². The Morgan fingerprint density at radius 1 is 1.37 bits per heavy atom. The van der Waals surface area contributed by atoms with Crippen LogP contribution in [0, 0.1) is 6.92 Å². The van der Waals surface area contributed by atoms with Gasteiger partial charge in [0.15, 0.2) is 5.69 Å². The summed E-state index contributed by atoms with van der Waals surface area (Å²) < 4.78 is 1.51. The molecule has 0 bridgehead atoms. The number of fused-ring (bicyclic) bond motifs is 1. The summed E-state index contributed by atoms with van der Waals surface area (Å²) in [6.07, 6.45) is 3.28. The molecule has 0 unspecified atom stereocenters. The van der Waals surface area contributed by atoms with E-state index in [1.165, 1.54) is 10.6 Å². The maximum Gasteiger partial charge on any atom is 0.354 e. The number of carboxylic acid groups (broad SMARTS) is 1. The highest BCUT2D eigenvalue weighted by atomic mass is 16.4. The lowest BCUT2D eigenvalue weighted by Crippen LogP contribution is -2.05. The van der Waals surface area contributed by atoms with E-state index < -0.39 is 5.97 Å². The summed E-state index contributed by atoms with van der Waals surface area (Å²) >= 11 is 0. The van der Waals surface area contributed by atoms with E-state index in [-0.39, 0.29) is 11.5 Å². The van der Waals surface area contributed by atoms with Gasteiger partial charge in [-0.05, 0) is 25.1 Å². The number of carbonyl (C=O) groups is 1. The number of pyridine rings is 1. The SMILES string of the molecule is Cc1nc2nc(C(=O)O)cc(-c3cccnc3)n2n1. The van der Waals surface area contributed by atoms with Gasteiger partial charge in [-0.2, -0.15) is 9.50 Å². The van der Waals surface area contributed by atoms with Crippen molar-refractivity contribution in [3.05, 3.63) is 42.1 Å². The molecule has 0 aliphatic carbocycles. The predicted molar refractivity (Wildman–Crippen MR) is 65.7 cm³/mol. The molecule has 0 fully saturated rings. The molecule has 0 atom stereocenters. The van der Waals surface area contributed by atoms with E-state index in [1.54, 1.807) is 25.4 Å². The smallest absolute Gasteiger partial charge is 0.354 e. The van der Waals surface area contributed by atoms with Gasteiger partial charge in [0.05, 0.1) is 5.69 Å². The molecule has 3 aromatic rings. The Labute approximate surface area is 107 Å². The van der Waals surface area contributed by atoms with Crippen molar-refractivity contribution < 1.29 is 9.90 Å². The van der Waals surface area contributed by atoms with E-state index in [0.29, 0.717) is 11.5 Å². The molecule has 0 amide bonds. The first kappa shape index (κ1) is 11.3. The minimum absolute atomic E-state index is 0.0706. The van der Waals surface area contributed by atoms with Crippen molar-refractivity contribution in [2.24, 2.45) is 0 Å². The summed E-state index contributed by atoms with van der Waals surface area (Å²) in [4.78, 5) is 23.2. The van der Waals surface area contributed by atoms with Crippen molar-refractivity contribution in [1.82, 2.24) is 24.6 Å². The minimum Gasteiger partial charge on any atom is -0.477 e. The van der Waals surface area contributed by atoms with Crippen LogP contribution >= 0.6 is 0 Å². The standard InChI is InChI=1S/C12H9N5O2/c1-7-14-12-15-9(11(18)19)5-10(17(12)16-7)8-3-2-4-13-6-8/h2-6H,1H3,(H,18,19). The van der Waals surface area contributed by atoms with Crippen molar-refractivity contribution >= 4 is 11.7 Å². The zero-order valence-electron chi connectivity index (χ0n) is 9.98. The summed E-state index contributed by atoms with van der Waals surface area (Å²) in [5.41, 5.74) is 1.28. The van der Waals surface area contributed by atoms with Crippen LogP contribution in [-0.4, -0.2) is 35.6 Å². The Morgan fingerprint density at radius 2 is 2.21 bits per heavy atom. The number of hydrogen-bond acceptors (Lipinski definition) is 5. The monoisotopic (exact) mass is 255 g/mol. The molecule has 3 aromatic heterocycles. The first-order valence-electron chi connectivity index (χ1n) is 5.53. The fourth-order valence-electron chi connectivity index (χ4n) is 1.80. The number of aryl methyl sites for hydroxylation is 1. The van der Waals surface area contributed by atoms with Crippen LogP contribution in [0.25, 0.3) is 17.0 Å². The number of aromatic nitrogens is 5. The summed E-state index contributed by atoms with van der Waals surface area (Å²) in [6.45, 7) is 1.72. The Morgan fingerprint density at radius 3 is 2.89 bits per heavy atom. The summed E-state index contributed by atoms with van der Waals surface area (Å²) in [5.74, 6) is -0.315. The molecule has 0 aromatic carbocycles. The zero-order chi connectivity index (χ0) is 13.4. The lowest BCUT2D eigenvalue weighted by Gasteiger charge is -2.04. The fourth-order valence-corrected chi connectivity index (χ4v) is 1.80. The molecule has 94 valence electrons. The van der Waals surface area contributed by atoms with Crippen LogP contribution in [0.3, 0.4) is 0 Å². The number of nitrogens with zero attached hydrogens (tertiary/aromatic N) is 5. The second kappa shape index (κ2) is 4.13. The van der Waals surface area contributed by atoms with Gasteiger partial charge in [0, 0.05) is 18.0 Å². The Kier molecular flexibility index (Phi) is 2.45. The maximum absolute atomic E-state index is 11.1. The van der Waals surface area contributed by atoms with Gasteiger partial charge in [0.1, 0.15) is 5.82 Å². The Hall–Kier alpha value is -2.83. The lowest BCUT2D eigenvalue weighted by molar-refractivity contribution is 0.0690. The third-order valence-corrected chi connectivity index (χ3v) is 2.59. The summed E-state index contributed by atoms with van der Waals surface area (Å²) in [7, 11) is 0. The molecular weight excluding hydrogens is 246 g/mol. The molecule has 3 heterocycles. The third kappa shape index (κ3) is 1.90. The molecule has 0 saturated heterocycles. The second-order valence-corrected chi connectivity index (χ2v) is 3.94. The van der Waals surface area contributed by atoms with Crippen molar-refractivity contribution in [3.63, 3.8) is 0 Å². The van der Waals surface area contributed by atoms with Gasteiger partial charge in [-0.25, -0.2) is 9.78 Å². The highest BCUT2D eigenvalue weighted by Crippen LogP contribution is 2.19. The number of rotatable bonds is 2. The zero-order valence-corrected chi connectivity index (χ0v) is 9.98. The van der Waals surface area contributed by atoms with E-state index in [9.17, 15) is 4.79 Å². The van der Waals surface area contributed by atoms with Gasteiger partial charge in [-0.3, -0.25) is 4.98 Å². The molecule has 3 rings (SSSR count). The van der Waals surface area contributed by atoms with E-state index in [1.807, 2.05) is 6.07 Å². The molecule has 0 radical (unpaired) electrons. The number of hydrogen-bond donors (Lipinski definition) is 1. The van der Waals surface area contributed by atoms with Gasteiger partial charge < -0.3 is 5.11 Å². The van der Waals surface area contributed by atoms with Gasteiger partial charge >= 0.3 is 5.97 Å². The highest BCUT2D eigenvalue weighted by Gasteiger charge is 2.14. The molecular formula is C12H9N5O2. The highest BCUT2D eigenvalue weighted by molar-refractivity contribution is 5.87. The van der Waals surface area contributed by atoms with Crippen LogP contribution in [0.4, 0.5) is 0 Å². The average molecular weight is 255 g/mol. The van der Waals surface area contributed by atoms with Gasteiger partial charge in [-0.15, -0.1) is 5.10 Å².